The van der Waals surface area contributed by atoms with Gasteiger partial charge >= 0.3 is 5.97 Å². The van der Waals surface area contributed by atoms with Crippen molar-refractivity contribution in [1.82, 2.24) is 0 Å². The summed E-state index contributed by atoms with van der Waals surface area (Å²) in [4.78, 5) is 21.7. The number of rotatable bonds is 3. The highest BCUT2D eigenvalue weighted by molar-refractivity contribution is 9.10. The highest BCUT2D eigenvalue weighted by atomic mass is 79.9. The maximum atomic E-state index is 11.4. The van der Waals surface area contributed by atoms with Gasteiger partial charge < -0.3 is 10.4 Å². The molecule has 0 heterocycles. The zero-order chi connectivity index (χ0) is 13.0. The van der Waals surface area contributed by atoms with Crippen LogP contribution in [0, 0.1) is 13.8 Å². The molecule has 0 fully saturated rings. The Hall–Kier alpha value is -1.62. The molecule has 0 bridgehead atoms. The summed E-state index contributed by atoms with van der Waals surface area (Å²) in [5.41, 5.74) is 2.52. The van der Waals surface area contributed by atoms with Crippen molar-refractivity contribution in [2.24, 2.45) is 0 Å². The van der Waals surface area contributed by atoms with Crippen molar-refractivity contribution in [3.05, 3.63) is 39.9 Å². The maximum Gasteiger partial charge on any atom is 0.328 e. The first-order chi connectivity index (χ1) is 7.90. The van der Waals surface area contributed by atoms with Crippen LogP contribution in [0.25, 0.3) is 0 Å². The molecule has 0 aliphatic carbocycles. The first kappa shape index (κ1) is 13.4. The molecule has 1 aromatic rings. The second-order valence-electron chi connectivity index (χ2n) is 3.58. The van der Waals surface area contributed by atoms with Gasteiger partial charge in [0.1, 0.15) is 0 Å². The first-order valence-electron chi connectivity index (χ1n) is 4.89. The zero-order valence-electron chi connectivity index (χ0n) is 9.45. The number of carbonyl (C=O) groups is 2. The molecular formula is C12H12BrNO3. The maximum absolute atomic E-state index is 11.4. The fourth-order valence-electron chi connectivity index (χ4n) is 1.42. The van der Waals surface area contributed by atoms with Crippen LogP contribution in [0.4, 0.5) is 5.69 Å². The minimum atomic E-state index is -1.15. The van der Waals surface area contributed by atoms with E-state index >= 15 is 0 Å². The molecule has 0 atom stereocenters. The van der Waals surface area contributed by atoms with Gasteiger partial charge in [-0.3, -0.25) is 4.79 Å². The number of hydrogen-bond donors (Lipinski definition) is 2. The molecule has 1 aromatic carbocycles. The Morgan fingerprint density at radius 3 is 2.24 bits per heavy atom. The van der Waals surface area contributed by atoms with Crippen LogP contribution < -0.4 is 5.32 Å². The van der Waals surface area contributed by atoms with Gasteiger partial charge in [0, 0.05) is 22.3 Å². The van der Waals surface area contributed by atoms with Crippen molar-refractivity contribution < 1.29 is 14.7 Å². The van der Waals surface area contributed by atoms with Crippen molar-refractivity contribution in [3.63, 3.8) is 0 Å². The lowest BCUT2D eigenvalue weighted by atomic mass is 10.1. The number of halogens is 1. The van der Waals surface area contributed by atoms with Crippen LogP contribution in [0.15, 0.2) is 28.8 Å². The molecule has 5 heteroatoms. The molecule has 17 heavy (non-hydrogen) atoms. The molecule has 0 aromatic heterocycles. The highest BCUT2D eigenvalue weighted by Crippen LogP contribution is 2.24. The van der Waals surface area contributed by atoms with E-state index in [0.29, 0.717) is 5.69 Å². The van der Waals surface area contributed by atoms with Gasteiger partial charge in [-0.15, -0.1) is 0 Å². The van der Waals surface area contributed by atoms with E-state index < -0.39 is 11.9 Å². The number of anilines is 1. The number of aliphatic carboxylic acids is 1. The summed E-state index contributed by atoms with van der Waals surface area (Å²) in [6.07, 6.45) is 1.79. The summed E-state index contributed by atoms with van der Waals surface area (Å²) < 4.78 is 0.937. The Bertz CT molecular complexity index is 472. The number of hydrogen-bond acceptors (Lipinski definition) is 2. The fraction of sp³-hybridized carbons (Fsp3) is 0.167. The van der Waals surface area contributed by atoms with Crippen LogP contribution in [0.3, 0.4) is 0 Å². The largest absolute Gasteiger partial charge is 0.478 e. The van der Waals surface area contributed by atoms with Crippen molar-refractivity contribution in [3.8, 4) is 0 Å². The normalized spacial score (nSPS) is 10.5. The Kier molecular flexibility index (Phi) is 4.45. The highest BCUT2D eigenvalue weighted by Gasteiger charge is 2.06. The number of nitrogens with one attached hydrogen (secondary N) is 1. The van der Waals surface area contributed by atoms with Crippen LogP contribution in [0.5, 0.6) is 0 Å². The third-order valence-electron chi connectivity index (χ3n) is 2.12. The van der Waals surface area contributed by atoms with E-state index in [9.17, 15) is 9.59 Å². The summed E-state index contributed by atoms with van der Waals surface area (Å²) in [7, 11) is 0. The van der Waals surface area contributed by atoms with Crippen LogP contribution in [-0.4, -0.2) is 17.0 Å². The Labute approximate surface area is 107 Å². The lowest BCUT2D eigenvalue weighted by molar-refractivity contribution is -0.131. The lowest BCUT2D eigenvalue weighted by Gasteiger charge is -2.10. The van der Waals surface area contributed by atoms with E-state index in [1.54, 1.807) is 0 Å². The molecule has 0 spiro atoms. The number of amides is 1. The van der Waals surface area contributed by atoms with Crippen molar-refractivity contribution >= 4 is 33.5 Å². The molecule has 90 valence electrons. The van der Waals surface area contributed by atoms with Gasteiger partial charge in [-0.2, -0.15) is 0 Å². The first-order valence-corrected chi connectivity index (χ1v) is 5.68. The van der Waals surface area contributed by atoms with Gasteiger partial charge in [0.25, 0.3) is 0 Å². The quantitative estimate of drug-likeness (QED) is 0.843. The van der Waals surface area contributed by atoms with E-state index in [1.807, 2.05) is 26.0 Å². The van der Waals surface area contributed by atoms with Gasteiger partial charge in [0.2, 0.25) is 5.91 Å². The predicted molar refractivity (Wildman–Crippen MR) is 69.0 cm³/mol. The van der Waals surface area contributed by atoms with Gasteiger partial charge in [-0.05, 0) is 37.1 Å². The van der Waals surface area contributed by atoms with E-state index in [1.165, 1.54) is 0 Å². The van der Waals surface area contributed by atoms with Gasteiger partial charge in [0.15, 0.2) is 0 Å². The number of aryl methyl sites for hydroxylation is 2. The van der Waals surface area contributed by atoms with Crippen LogP contribution in [0.1, 0.15) is 11.1 Å². The fourth-order valence-corrected chi connectivity index (χ4v) is 2.11. The van der Waals surface area contributed by atoms with Gasteiger partial charge in [-0.1, -0.05) is 15.9 Å². The number of carboxylic acid groups (broad SMARTS) is 1. The summed E-state index contributed by atoms with van der Waals surface area (Å²) in [6, 6.07) is 3.76. The molecule has 0 aliphatic rings. The number of carboxylic acids is 1. The molecule has 0 saturated carbocycles. The van der Waals surface area contributed by atoms with Crippen LogP contribution in [-0.2, 0) is 9.59 Å². The molecule has 0 saturated heterocycles. The summed E-state index contributed by atoms with van der Waals surface area (Å²) in [6.45, 7) is 3.74. The second kappa shape index (κ2) is 5.63. The SMILES string of the molecule is Cc1cc(Br)cc(C)c1NC(=O)C=CC(=O)O. The molecule has 0 aliphatic heterocycles. The minimum absolute atomic E-state index is 0.457. The van der Waals surface area contributed by atoms with E-state index in [4.69, 9.17) is 5.11 Å². The molecule has 2 N–H and O–H groups in total. The molecule has 1 rings (SSSR count). The minimum Gasteiger partial charge on any atom is -0.478 e. The second-order valence-corrected chi connectivity index (χ2v) is 4.49. The zero-order valence-corrected chi connectivity index (χ0v) is 11.0. The van der Waals surface area contributed by atoms with Crippen LogP contribution in [0.2, 0.25) is 0 Å². The summed E-state index contributed by atoms with van der Waals surface area (Å²) >= 11 is 3.36. The van der Waals surface area contributed by atoms with E-state index in [0.717, 1.165) is 27.8 Å². The van der Waals surface area contributed by atoms with Crippen molar-refractivity contribution in [1.29, 1.82) is 0 Å². The van der Waals surface area contributed by atoms with Crippen molar-refractivity contribution in [2.45, 2.75) is 13.8 Å². The van der Waals surface area contributed by atoms with Gasteiger partial charge in [0.05, 0.1) is 0 Å². The Balaban J connectivity index is 2.89. The lowest BCUT2D eigenvalue weighted by Crippen LogP contribution is -2.11. The van der Waals surface area contributed by atoms with Crippen LogP contribution >= 0.6 is 15.9 Å². The van der Waals surface area contributed by atoms with E-state index in [-0.39, 0.29) is 0 Å². The Morgan fingerprint density at radius 1 is 1.24 bits per heavy atom. The average Bonchev–Trinajstić information content (AvgIpc) is 2.20. The Morgan fingerprint density at radius 2 is 1.76 bits per heavy atom. The van der Waals surface area contributed by atoms with Gasteiger partial charge in [-0.25, -0.2) is 4.79 Å². The molecular weight excluding hydrogens is 286 g/mol. The summed E-state index contributed by atoms with van der Waals surface area (Å²) in [5, 5.41) is 11.1. The monoisotopic (exact) mass is 297 g/mol. The molecule has 1 amide bonds. The standard InChI is InChI=1S/C12H12BrNO3/c1-7-5-9(13)6-8(2)12(7)14-10(15)3-4-11(16)17/h3-6H,1-2H3,(H,14,15)(H,16,17). The molecule has 0 unspecified atom stereocenters. The number of benzene rings is 1. The third kappa shape index (κ3) is 4.03. The average molecular weight is 298 g/mol. The molecule has 0 radical (unpaired) electrons. The topological polar surface area (TPSA) is 66.4 Å². The number of carbonyl (C=O) groups excluding carboxylic acids is 1. The van der Waals surface area contributed by atoms with Crippen molar-refractivity contribution in [2.75, 3.05) is 5.32 Å². The smallest absolute Gasteiger partial charge is 0.328 e. The summed E-state index contributed by atoms with van der Waals surface area (Å²) in [5.74, 6) is -1.61. The van der Waals surface area contributed by atoms with E-state index in [2.05, 4.69) is 21.2 Å². The predicted octanol–water partition coefficient (Wildman–Crippen LogP) is 2.65. The third-order valence-corrected chi connectivity index (χ3v) is 2.58. The molecule has 4 nitrogen and oxygen atoms in total.